The molecule has 1 amide bonds. The fraction of sp³-hybridized carbons (Fsp3) is 0.0952. The van der Waals surface area contributed by atoms with E-state index in [0.29, 0.717) is 11.6 Å². The number of aromatic nitrogens is 1. The van der Waals surface area contributed by atoms with Crippen LogP contribution in [0.1, 0.15) is 5.56 Å². The number of ether oxygens (including phenoxy) is 1. The number of benzene rings is 2. The molecule has 0 saturated carbocycles. The Balaban J connectivity index is 1.74. The maximum atomic E-state index is 12.3. The first-order valence-electron chi connectivity index (χ1n) is 8.56. The van der Waals surface area contributed by atoms with Crippen LogP contribution in [0.2, 0.25) is 0 Å². The standard InChI is InChI=1S/C21H18N4O2/c1-24(17-10-7-13-22-14-17)19-12-6-5-11-18(19)21-23-25(20(26)15-27-21)16-8-3-2-4-9-16/h2-14H,15H2,1H3. The van der Waals surface area contributed by atoms with E-state index in [-0.39, 0.29) is 12.5 Å². The molecule has 0 atom stereocenters. The molecule has 3 aromatic rings. The number of amides is 1. The number of anilines is 3. The van der Waals surface area contributed by atoms with Crippen LogP contribution in [0.5, 0.6) is 0 Å². The van der Waals surface area contributed by atoms with E-state index in [0.717, 1.165) is 16.9 Å². The molecule has 0 aliphatic carbocycles. The van der Waals surface area contributed by atoms with E-state index in [1.807, 2.05) is 78.7 Å². The molecule has 2 aromatic carbocycles. The number of rotatable bonds is 4. The summed E-state index contributed by atoms with van der Waals surface area (Å²) in [4.78, 5) is 18.5. The molecule has 0 unspecified atom stereocenters. The van der Waals surface area contributed by atoms with Crippen molar-refractivity contribution in [2.45, 2.75) is 0 Å². The van der Waals surface area contributed by atoms with Gasteiger partial charge in [0, 0.05) is 13.2 Å². The summed E-state index contributed by atoms with van der Waals surface area (Å²) in [6.07, 6.45) is 3.53. The summed E-state index contributed by atoms with van der Waals surface area (Å²) in [5.41, 5.74) is 3.36. The fourth-order valence-electron chi connectivity index (χ4n) is 2.91. The first-order valence-corrected chi connectivity index (χ1v) is 8.56. The van der Waals surface area contributed by atoms with Crippen LogP contribution in [0.3, 0.4) is 0 Å². The average molecular weight is 358 g/mol. The second-order valence-corrected chi connectivity index (χ2v) is 6.02. The van der Waals surface area contributed by atoms with Gasteiger partial charge >= 0.3 is 0 Å². The predicted octanol–water partition coefficient (Wildman–Crippen LogP) is 3.57. The zero-order chi connectivity index (χ0) is 18.6. The van der Waals surface area contributed by atoms with Crippen molar-refractivity contribution in [3.8, 4) is 0 Å². The number of pyridine rings is 1. The maximum absolute atomic E-state index is 12.3. The van der Waals surface area contributed by atoms with Crippen molar-refractivity contribution in [1.82, 2.24) is 4.98 Å². The summed E-state index contributed by atoms with van der Waals surface area (Å²) in [5.74, 6) is 0.202. The molecule has 134 valence electrons. The van der Waals surface area contributed by atoms with E-state index in [1.165, 1.54) is 5.01 Å². The first kappa shape index (κ1) is 16.8. The van der Waals surface area contributed by atoms with Crippen LogP contribution < -0.4 is 9.91 Å². The summed E-state index contributed by atoms with van der Waals surface area (Å²) in [7, 11) is 1.96. The van der Waals surface area contributed by atoms with Gasteiger partial charge in [-0.05, 0) is 36.4 Å². The predicted molar refractivity (Wildman–Crippen MR) is 105 cm³/mol. The maximum Gasteiger partial charge on any atom is 0.285 e. The van der Waals surface area contributed by atoms with E-state index < -0.39 is 0 Å². The lowest BCUT2D eigenvalue weighted by molar-refractivity contribution is -0.121. The Labute approximate surface area is 157 Å². The van der Waals surface area contributed by atoms with Gasteiger partial charge in [0.2, 0.25) is 5.90 Å². The van der Waals surface area contributed by atoms with Crippen LogP contribution >= 0.6 is 0 Å². The summed E-state index contributed by atoms with van der Waals surface area (Å²) in [6, 6.07) is 21.0. The molecule has 0 spiro atoms. The van der Waals surface area contributed by atoms with Crippen molar-refractivity contribution in [3.05, 3.63) is 84.7 Å². The lowest BCUT2D eigenvalue weighted by atomic mass is 10.1. The molecule has 6 nitrogen and oxygen atoms in total. The Morgan fingerprint density at radius 1 is 1.00 bits per heavy atom. The first-order chi connectivity index (χ1) is 13.2. The average Bonchev–Trinajstić information content (AvgIpc) is 2.75. The largest absolute Gasteiger partial charge is 0.466 e. The SMILES string of the molecule is CN(c1cccnc1)c1ccccc1C1=NN(c2ccccc2)C(=O)CO1. The highest BCUT2D eigenvalue weighted by atomic mass is 16.5. The number of para-hydroxylation sites is 2. The number of hydrazone groups is 1. The lowest BCUT2D eigenvalue weighted by Crippen LogP contribution is -2.37. The molecule has 0 saturated heterocycles. The van der Waals surface area contributed by atoms with Crippen LogP contribution in [0.4, 0.5) is 17.1 Å². The van der Waals surface area contributed by atoms with Crippen LogP contribution in [-0.4, -0.2) is 30.4 Å². The Morgan fingerprint density at radius 2 is 1.78 bits per heavy atom. The summed E-state index contributed by atoms with van der Waals surface area (Å²) >= 11 is 0. The Kier molecular flexibility index (Phi) is 4.53. The molecule has 27 heavy (non-hydrogen) atoms. The summed E-state index contributed by atoms with van der Waals surface area (Å²) in [5, 5.41) is 5.86. The normalized spacial score (nSPS) is 13.7. The lowest BCUT2D eigenvalue weighted by Gasteiger charge is -2.27. The second-order valence-electron chi connectivity index (χ2n) is 6.02. The quantitative estimate of drug-likeness (QED) is 0.715. The Hall–Kier alpha value is -3.67. The molecule has 0 bridgehead atoms. The van der Waals surface area contributed by atoms with Crippen LogP contribution in [0.15, 0.2) is 84.2 Å². The molecule has 1 aromatic heterocycles. The minimum Gasteiger partial charge on any atom is -0.466 e. The zero-order valence-corrected chi connectivity index (χ0v) is 14.8. The molecule has 0 N–H and O–H groups in total. The third-order valence-electron chi connectivity index (χ3n) is 4.29. The monoisotopic (exact) mass is 358 g/mol. The number of carbonyl (C=O) groups is 1. The third kappa shape index (κ3) is 3.37. The highest BCUT2D eigenvalue weighted by Gasteiger charge is 2.26. The van der Waals surface area contributed by atoms with Crippen LogP contribution in [-0.2, 0) is 9.53 Å². The molecular formula is C21H18N4O2. The molecule has 0 radical (unpaired) electrons. The number of nitrogens with zero attached hydrogens (tertiary/aromatic N) is 4. The number of carbonyl (C=O) groups excluding carboxylic acids is 1. The highest BCUT2D eigenvalue weighted by Crippen LogP contribution is 2.28. The molecule has 1 aliphatic rings. The van der Waals surface area contributed by atoms with Gasteiger partial charge in [-0.1, -0.05) is 30.3 Å². The molecule has 4 rings (SSSR count). The van der Waals surface area contributed by atoms with Crippen molar-refractivity contribution in [1.29, 1.82) is 0 Å². The van der Waals surface area contributed by atoms with Crippen molar-refractivity contribution in [3.63, 3.8) is 0 Å². The number of hydrogen-bond acceptors (Lipinski definition) is 5. The van der Waals surface area contributed by atoms with E-state index in [1.54, 1.807) is 12.4 Å². The van der Waals surface area contributed by atoms with Gasteiger partial charge in [-0.15, -0.1) is 5.10 Å². The van der Waals surface area contributed by atoms with Gasteiger partial charge in [0.15, 0.2) is 6.61 Å². The molecule has 6 heteroatoms. The topological polar surface area (TPSA) is 58.0 Å². The van der Waals surface area contributed by atoms with E-state index in [9.17, 15) is 4.79 Å². The molecule has 0 fully saturated rings. The van der Waals surface area contributed by atoms with E-state index in [4.69, 9.17) is 4.74 Å². The van der Waals surface area contributed by atoms with Gasteiger partial charge in [-0.2, -0.15) is 5.01 Å². The molecular weight excluding hydrogens is 340 g/mol. The minimum atomic E-state index is -0.206. The molecule has 2 heterocycles. The van der Waals surface area contributed by atoms with Gasteiger partial charge in [0.25, 0.3) is 5.91 Å². The van der Waals surface area contributed by atoms with Crippen LogP contribution in [0.25, 0.3) is 0 Å². The van der Waals surface area contributed by atoms with Crippen molar-refractivity contribution < 1.29 is 9.53 Å². The summed E-state index contributed by atoms with van der Waals surface area (Å²) in [6.45, 7) is -0.0569. The third-order valence-corrected chi connectivity index (χ3v) is 4.29. The Bertz CT molecular complexity index is 974. The fourth-order valence-corrected chi connectivity index (χ4v) is 2.91. The van der Waals surface area contributed by atoms with Crippen molar-refractivity contribution in [2.24, 2.45) is 5.10 Å². The summed E-state index contributed by atoms with van der Waals surface area (Å²) < 4.78 is 5.67. The molecule has 1 aliphatic heterocycles. The van der Waals surface area contributed by atoms with Gasteiger partial charge in [0.05, 0.1) is 28.8 Å². The van der Waals surface area contributed by atoms with Crippen molar-refractivity contribution in [2.75, 3.05) is 23.6 Å². The number of hydrogen-bond donors (Lipinski definition) is 0. The van der Waals surface area contributed by atoms with E-state index in [2.05, 4.69) is 10.1 Å². The van der Waals surface area contributed by atoms with Gasteiger partial charge in [-0.3, -0.25) is 9.78 Å². The Morgan fingerprint density at radius 3 is 2.56 bits per heavy atom. The van der Waals surface area contributed by atoms with Gasteiger partial charge < -0.3 is 9.64 Å². The van der Waals surface area contributed by atoms with Gasteiger partial charge in [-0.25, -0.2) is 0 Å². The highest BCUT2D eigenvalue weighted by molar-refractivity contribution is 6.07. The van der Waals surface area contributed by atoms with Crippen LogP contribution in [0, 0.1) is 0 Å². The van der Waals surface area contributed by atoms with E-state index >= 15 is 0 Å². The zero-order valence-electron chi connectivity index (χ0n) is 14.8. The van der Waals surface area contributed by atoms with Crippen molar-refractivity contribution >= 4 is 28.9 Å². The smallest absolute Gasteiger partial charge is 0.285 e. The second kappa shape index (κ2) is 7.29. The van der Waals surface area contributed by atoms with Gasteiger partial charge in [0.1, 0.15) is 0 Å². The minimum absolute atomic E-state index is 0.0569.